The molecule has 0 heterocycles. The Morgan fingerprint density at radius 1 is 1.40 bits per heavy atom. The summed E-state index contributed by atoms with van der Waals surface area (Å²) in [5, 5.41) is 3.85. The standard InChI is InChI=1S/C11H16ClNO2/c1-8(14-2)7-13-9-4-5-10(12)11(6-9)15-3/h4-6,8,13H,7H2,1-3H3. The highest BCUT2D eigenvalue weighted by Crippen LogP contribution is 2.27. The minimum Gasteiger partial charge on any atom is -0.495 e. The molecule has 84 valence electrons. The lowest BCUT2D eigenvalue weighted by Crippen LogP contribution is -2.17. The van der Waals surface area contributed by atoms with Crippen LogP contribution >= 0.6 is 11.6 Å². The second-order valence-corrected chi connectivity index (χ2v) is 3.68. The van der Waals surface area contributed by atoms with E-state index in [4.69, 9.17) is 21.1 Å². The summed E-state index contributed by atoms with van der Waals surface area (Å²) in [4.78, 5) is 0. The molecule has 0 spiro atoms. The molecule has 15 heavy (non-hydrogen) atoms. The molecule has 3 nitrogen and oxygen atoms in total. The predicted molar refractivity (Wildman–Crippen MR) is 63.0 cm³/mol. The first-order valence-corrected chi connectivity index (χ1v) is 5.15. The molecule has 1 atom stereocenters. The van der Waals surface area contributed by atoms with E-state index in [1.807, 2.05) is 19.1 Å². The first-order chi connectivity index (χ1) is 7.17. The third-order valence-electron chi connectivity index (χ3n) is 2.15. The zero-order valence-corrected chi connectivity index (χ0v) is 9.97. The number of methoxy groups -OCH3 is 2. The minimum absolute atomic E-state index is 0.173. The maximum absolute atomic E-state index is 5.91. The summed E-state index contributed by atoms with van der Waals surface area (Å²) >= 11 is 5.91. The molecule has 1 unspecified atom stereocenters. The summed E-state index contributed by atoms with van der Waals surface area (Å²) < 4.78 is 10.2. The summed E-state index contributed by atoms with van der Waals surface area (Å²) in [5.41, 5.74) is 0.972. The fourth-order valence-corrected chi connectivity index (χ4v) is 1.31. The number of benzene rings is 1. The van der Waals surface area contributed by atoms with Crippen LogP contribution in [-0.2, 0) is 4.74 Å². The Morgan fingerprint density at radius 3 is 2.73 bits per heavy atom. The molecule has 0 aliphatic heterocycles. The molecule has 0 radical (unpaired) electrons. The van der Waals surface area contributed by atoms with Gasteiger partial charge in [0, 0.05) is 25.4 Å². The molecule has 0 saturated carbocycles. The van der Waals surface area contributed by atoms with Crippen LogP contribution in [0.5, 0.6) is 5.75 Å². The van der Waals surface area contributed by atoms with E-state index in [1.165, 1.54) is 0 Å². The van der Waals surface area contributed by atoms with Gasteiger partial charge in [-0.05, 0) is 19.1 Å². The summed E-state index contributed by atoms with van der Waals surface area (Å²) in [6.07, 6.45) is 0.173. The number of rotatable bonds is 5. The van der Waals surface area contributed by atoms with Crippen LogP contribution in [0.25, 0.3) is 0 Å². The van der Waals surface area contributed by atoms with Crippen molar-refractivity contribution in [1.29, 1.82) is 0 Å². The molecule has 0 bridgehead atoms. The Hall–Kier alpha value is -0.930. The van der Waals surface area contributed by atoms with Gasteiger partial charge in [-0.1, -0.05) is 11.6 Å². The van der Waals surface area contributed by atoms with Gasteiger partial charge < -0.3 is 14.8 Å². The number of anilines is 1. The highest BCUT2D eigenvalue weighted by atomic mass is 35.5. The highest BCUT2D eigenvalue weighted by Gasteiger charge is 2.03. The Kier molecular flexibility index (Phi) is 4.72. The predicted octanol–water partition coefficient (Wildman–Crippen LogP) is 2.80. The molecule has 0 aromatic heterocycles. The van der Waals surface area contributed by atoms with Crippen LogP contribution in [0.3, 0.4) is 0 Å². The molecule has 1 aromatic rings. The molecule has 0 aliphatic rings. The van der Waals surface area contributed by atoms with Crippen molar-refractivity contribution in [1.82, 2.24) is 0 Å². The van der Waals surface area contributed by atoms with E-state index in [9.17, 15) is 0 Å². The van der Waals surface area contributed by atoms with Crippen LogP contribution in [0, 0.1) is 0 Å². The molecule has 0 saturated heterocycles. The lowest BCUT2D eigenvalue weighted by atomic mass is 10.3. The average molecular weight is 230 g/mol. The Bertz CT molecular complexity index is 317. The van der Waals surface area contributed by atoms with E-state index in [0.29, 0.717) is 10.8 Å². The zero-order valence-electron chi connectivity index (χ0n) is 9.21. The first-order valence-electron chi connectivity index (χ1n) is 4.77. The van der Waals surface area contributed by atoms with E-state index >= 15 is 0 Å². The van der Waals surface area contributed by atoms with E-state index in [-0.39, 0.29) is 6.10 Å². The number of hydrogen-bond acceptors (Lipinski definition) is 3. The van der Waals surface area contributed by atoms with Crippen LogP contribution in [0.2, 0.25) is 5.02 Å². The smallest absolute Gasteiger partial charge is 0.139 e. The minimum atomic E-state index is 0.173. The van der Waals surface area contributed by atoms with Crippen molar-refractivity contribution >= 4 is 17.3 Å². The topological polar surface area (TPSA) is 30.5 Å². The van der Waals surface area contributed by atoms with Crippen LogP contribution in [0.4, 0.5) is 5.69 Å². The highest BCUT2D eigenvalue weighted by molar-refractivity contribution is 6.32. The molecule has 0 amide bonds. The van der Waals surface area contributed by atoms with Crippen molar-refractivity contribution in [2.45, 2.75) is 13.0 Å². The van der Waals surface area contributed by atoms with E-state index < -0.39 is 0 Å². The molecule has 0 aliphatic carbocycles. The van der Waals surface area contributed by atoms with E-state index in [0.717, 1.165) is 12.2 Å². The van der Waals surface area contributed by atoms with Gasteiger partial charge in [0.1, 0.15) is 5.75 Å². The van der Waals surface area contributed by atoms with Crippen LogP contribution in [0.15, 0.2) is 18.2 Å². The van der Waals surface area contributed by atoms with E-state index in [2.05, 4.69) is 5.32 Å². The van der Waals surface area contributed by atoms with Crippen LogP contribution < -0.4 is 10.1 Å². The molecule has 1 rings (SSSR count). The number of nitrogens with one attached hydrogen (secondary N) is 1. The maximum atomic E-state index is 5.91. The van der Waals surface area contributed by atoms with Gasteiger partial charge in [0.15, 0.2) is 0 Å². The molecular formula is C11H16ClNO2. The van der Waals surface area contributed by atoms with Gasteiger partial charge in [0.25, 0.3) is 0 Å². The molecule has 0 fully saturated rings. The Morgan fingerprint density at radius 2 is 2.13 bits per heavy atom. The quantitative estimate of drug-likeness (QED) is 0.842. The number of hydrogen-bond donors (Lipinski definition) is 1. The fourth-order valence-electron chi connectivity index (χ4n) is 1.11. The summed E-state index contributed by atoms with van der Waals surface area (Å²) in [6, 6.07) is 5.58. The van der Waals surface area contributed by atoms with Gasteiger partial charge in [0.05, 0.1) is 18.2 Å². The SMILES string of the molecule is COc1cc(NCC(C)OC)ccc1Cl. The van der Waals surface area contributed by atoms with Crippen LogP contribution in [0.1, 0.15) is 6.92 Å². The molecule has 1 N–H and O–H groups in total. The van der Waals surface area contributed by atoms with Crippen molar-refractivity contribution in [3.05, 3.63) is 23.2 Å². The van der Waals surface area contributed by atoms with Gasteiger partial charge in [-0.3, -0.25) is 0 Å². The largest absolute Gasteiger partial charge is 0.495 e. The Labute approximate surface area is 95.3 Å². The van der Waals surface area contributed by atoms with Crippen molar-refractivity contribution in [3.63, 3.8) is 0 Å². The second-order valence-electron chi connectivity index (χ2n) is 3.28. The molecular weight excluding hydrogens is 214 g/mol. The normalized spacial score (nSPS) is 12.3. The lowest BCUT2D eigenvalue weighted by Gasteiger charge is -2.13. The first kappa shape index (κ1) is 12.1. The van der Waals surface area contributed by atoms with Gasteiger partial charge in [-0.25, -0.2) is 0 Å². The fraction of sp³-hybridized carbons (Fsp3) is 0.455. The number of ether oxygens (including phenoxy) is 2. The van der Waals surface area contributed by atoms with Crippen molar-refractivity contribution < 1.29 is 9.47 Å². The van der Waals surface area contributed by atoms with E-state index in [1.54, 1.807) is 20.3 Å². The molecule has 1 aromatic carbocycles. The molecule has 4 heteroatoms. The van der Waals surface area contributed by atoms with Crippen molar-refractivity contribution in [2.24, 2.45) is 0 Å². The lowest BCUT2D eigenvalue weighted by molar-refractivity contribution is 0.129. The average Bonchev–Trinajstić information content (AvgIpc) is 2.27. The van der Waals surface area contributed by atoms with Gasteiger partial charge in [-0.2, -0.15) is 0 Å². The summed E-state index contributed by atoms with van der Waals surface area (Å²) in [7, 11) is 3.29. The van der Waals surface area contributed by atoms with Gasteiger partial charge >= 0.3 is 0 Å². The van der Waals surface area contributed by atoms with Crippen LogP contribution in [-0.4, -0.2) is 26.9 Å². The number of halogens is 1. The third kappa shape index (κ3) is 3.61. The van der Waals surface area contributed by atoms with Crippen molar-refractivity contribution in [3.8, 4) is 5.75 Å². The zero-order chi connectivity index (χ0) is 11.3. The summed E-state index contributed by atoms with van der Waals surface area (Å²) in [5.74, 6) is 0.673. The third-order valence-corrected chi connectivity index (χ3v) is 2.46. The van der Waals surface area contributed by atoms with Gasteiger partial charge in [0.2, 0.25) is 0 Å². The van der Waals surface area contributed by atoms with Crippen molar-refractivity contribution in [2.75, 3.05) is 26.1 Å². The Balaban J connectivity index is 2.62. The summed E-state index contributed by atoms with van der Waals surface area (Å²) in [6.45, 7) is 2.75. The van der Waals surface area contributed by atoms with Gasteiger partial charge in [-0.15, -0.1) is 0 Å². The monoisotopic (exact) mass is 229 g/mol. The maximum Gasteiger partial charge on any atom is 0.139 e. The second kappa shape index (κ2) is 5.83.